The number of aryl methyl sites for hydroxylation is 2. The predicted octanol–water partition coefficient (Wildman–Crippen LogP) is 3.31. The molecule has 0 radical (unpaired) electrons. The van der Waals surface area contributed by atoms with Crippen molar-refractivity contribution in [3.8, 4) is 11.4 Å². The summed E-state index contributed by atoms with van der Waals surface area (Å²) < 4.78 is 1.42. The number of nitrogens with one attached hydrogen (secondary N) is 1. The van der Waals surface area contributed by atoms with Gasteiger partial charge >= 0.3 is 0 Å². The van der Waals surface area contributed by atoms with Crippen LogP contribution in [0.4, 0.5) is 5.69 Å². The zero-order valence-corrected chi connectivity index (χ0v) is 15.8. The zero-order valence-electron chi connectivity index (χ0n) is 15.0. The second-order valence-corrected chi connectivity index (χ2v) is 7.07. The van der Waals surface area contributed by atoms with Gasteiger partial charge in [0, 0.05) is 11.3 Å². The Morgan fingerprint density at radius 2 is 1.92 bits per heavy atom. The molecule has 3 N–H and O–H groups in total. The van der Waals surface area contributed by atoms with Crippen molar-refractivity contribution in [2.24, 2.45) is 0 Å². The van der Waals surface area contributed by atoms with Crippen molar-refractivity contribution in [2.45, 2.75) is 25.9 Å². The van der Waals surface area contributed by atoms with Crippen LogP contribution in [0.1, 0.15) is 16.7 Å². The highest BCUT2D eigenvalue weighted by Gasteiger charge is 2.14. The van der Waals surface area contributed by atoms with Crippen LogP contribution < -0.4 is 11.2 Å². The maximum atomic E-state index is 12.3. The number of aromatic nitrogens is 3. The number of nitrogens with zero attached hydrogens (tertiary/aromatic N) is 3. The number of thioether (sulfide) groups is 1. The average Bonchev–Trinajstić information content (AvgIpc) is 2.98. The lowest BCUT2D eigenvalue weighted by Gasteiger charge is -2.10. The van der Waals surface area contributed by atoms with Gasteiger partial charge in [-0.2, -0.15) is 0 Å². The van der Waals surface area contributed by atoms with E-state index in [1.54, 1.807) is 0 Å². The highest BCUT2D eigenvalue weighted by molar-refractivity contribution is 7.99. The van der Waals surface area contributed by atoms with E-state index in [0.29, 0.717) is 11.0 Å². The number of hydrogen-bond acceptors (Lipinski definition) is 5. The van der Waals surface area contributed by atoms with Gasteiger partial charge in [0.15, 0.2) is 5.82 Å². The Hall–Kier alpha value is -2.80. The second-order valence-electron chi connectivity index (χ2n) is 6.13. The van der Waals surface area contributed by atoms with Crippen molar-refractivity contribution in [1.82, 2.24) is 14.9 Å². The van der Waals surface area contributed by atoms with Crippen molar-refractivity contribution >= 4 is 23.4 Å². The molecule has 0 fully saturated rings. The molecule has 6 nitrogen and oxygen atoms in total. The van der Waals surface area contributed by atoms with Gasteiger partial charge < -0.3 is 11.2 Å². The fourth-order valence-electron chi connectivity index (χ4n) is 2.56. The van der Waals surface area contributed by atoms with Crippen molar-refractivity contribution < 1.29 is 4.79 Å². The lowest BCUT2D eigenvalue weighted by atomic mass is 10.1. The van der Waals surface area contributed by atoms with Crippen LogP contribution >= 0.6 is 11.8 Å². The van der Waals surface area contributed by atoms with Crippen molar-refractivity contribution in [3.05, 3.63) is 59.2 Å². The van der Waals surface area contributed by atoms with Crippen LogP contribution in [-0.2, 0) is 4.79 Å². The lowest BCUT2D eigenvalue weighted by Crippen LogP contribution is -2.17. The van der Waals surface area contributed by atoms with Crippen LogP contribution in [0.25, 0.3) is 11.4 Å². The zero-order chi connectivity index (χ0) is 18.7. The molecule has 0 aliphatic heterocycles. The molecular formula is C19H21N5OS. The molecule has 0 saturated heterocycles. The molecular weight excluding hydrogens is 346 g/mol. The van der Waals surface area contributed by atoms with Crippen LogP contribution in [0.5, 0.6) is 0 Å². The topological polar surface area (TPSA) is 85.8 Å². The molecule has 0 aliphatic rings. The molecule has 0 unspecified atom stereocenters. The predicted molar refractivity (Wildman–Crippen MR) is 106 cm³/mol. The summed E-state index contributed by atoms with van der Waals surface area (Å²) in [5.74, 6) is 6.78. The van der Waals surface area contributed by atoms with E-state index >= 15 is 0 Å². The fourth-order valence-corrected chi connectivity index (χ4v) is 3.22. The smallest absolute Gasteiger partial charge is 0.234 e. The summed E-state index contributed by atoms with van der Waals surface area (Å²) in [7, 11) is 0. The van der Waals surface area contributed by atoms with Gasteiger partial charge in [0.05, 0.1) is 5.75 Å². The molecule has 1 aromatic heterocycles. The Bertz CT molecular complexity index is 951. The monoisotopic (exact) mass is 367 g/mol. The molecule has 0 bridgehead atoms. The van der Waals surface area contributed by atoms with Crippen molar-refractivity contribution in [3.63, 3.8) is 0 Å². The molecule has 2 aromatic carbocycles. The van der Waals surface area contributed by atoms with Crippen LogP contribution in [-0.4, -0.2) is 26.5 Å². The van der Waals surface area contributed by atoms with Gasteiger partial charge in [-0.15, -0.1) is 10.2 Å². The number of nitrogen functional groups attached to an aromatic ring is 1. The summed E-state index contributed by atoms with van der Waals surface area (Å²) >= 11 is 1.26. The number of hydrogen-bond donors (Lipinski definition) is 2. The van der Waals surface area contributed by atoms with Crippen LogP contribution in [0.3, 0.4) is 0 Å². The minimum Gasteiger partial charge on any atom is -0.335 e. The number of amides is 1. The van der Waals surface area contributed by atoms with Crippen molar-refractivity contribution in [2.75, 3.05) is 16.9 Å². The number of anilines is 1. The fraction of sp³-hybridized carbons (Fsp3) is 0.211. The van der Waals surface area contributed by atoms with E-state index in [4.69, 9.17) is 5.84 Å². The number of carbonyl (C=O) groups excluding carboxylic acids is 1. The van der Waals surface area contributed by atoms with E-state index in [1.165, 1.54) is 16.4 Å². The molecule has 26 heavy (non-hydrogen) atoms. The third-order valence-electron chi connectivity index (χ3n) is 4.15. The highest BCUT2D eigenvalue weighted by Crippen LogP contribution is 2.23. The van der Waals surface area contributed by atoms with Gasteiger partial charge in [-0.1, -0.05) is 47.7 Å². The average molecular weight is 367 g/mol. The molecule has 1 amide bonds. The van der Waals surface area contributed by atoms with E-state index in [9.17, 15) is 4.79 Å². The third kappa shape index (κ3) is 3.88. The van der Waals surface area contributed by atoms with E-state index in [-0.39, 0.29) is 11.7 Å². The molecule has 1 heterocycles. The van der Waals surface area contributed by atoms with Gasteiger partial charge in [-0.05, 0) is 44.0 Å². The Balaban J connectivity index is 1.67. The lowest BCUT2D eigenvalue weighted by molar-refractivity contribution is -0.113. The van der Waals surface area contributed by atoms with E-state index in [0.717, 1.165) is 27.9 Å². The molecule has 134 valence electrons. The van der Waals surface area contributed by atoms with Crippen LogP contribution in [0.2, 0.25) is 0 Å². The first-order chi connectivity index (χ1) is 12.5. The molecule has 0 spiro atoms. The quantitative estimate of drug-likeness (QED) is 0.534. The van der Waals surface area contributed by atoms with Crippen molar-refractivity contribution in [1.29, 1.82) is 0 Å². The van der Waals surface area contributed by atoms with Gasteiger partial charge in [0.2, 0.25) is 11.1 Å². The number of rotatable bonds is 5. The summed E-state index contributed by atoms with van der Waals surface area (Å²) in [5, 5.41) is 11.7. The molecule has 0 atom stereocenters. The van der Waals surface area contributed by atoms with Gasteiger partial charge in [0.1, 0.15) is 0 Å². The van der Waals surface area contributed by atoms with E-state index < -0.39 is 0 Å². The van der Waals surface area contributed by atoms with Crippen LogP contribution in [0.15, 0.2) is 47.6 Å². The first-order valence-corrected chi connectivity index (χ1v) is 9.20. The Morgan fingerprint density at radius 1 is 1.15 bits per heavy atom. The standard InChI is InChI=1S/C19H21N5OS/c1-12-6-4-8-15(10-12)18-22-23-19(24(18)20)26-11-17(25)21-16-9-5-7-13(2)14(16)3/h4-10H,11,20H2,1-3H3,(H,21,25). The molecule has 0 saturated carbocycles. The van der Waals surface area contributed by atoms with Gasteiger partial charge in [0.25, 0.3) is 0 Å². The molecule has 3 aromatic rings. The summed E-state index contributed by atoms with van der Waals surface area (Å²) in [6.45, 7) is 6.01. The van der Waals surface area contributed by atoms with E-state index in [1.807, 2.05) is 63.2 Å². The van der Waals surface area contributed by atoms with E-state index in [2.05, 4.69) is 15.5 Å². The molecule has 3 rings (SSSR count). The number of benzene rings is 2. The van der Waals surface area contributed by atoms with Gasteiger partial charge in [-0.3, -0.25) is 4.79 Å². The number of nitrogens with two attached hydrogens (primary N) is 1. The minimum absolute atomic E-state index is 0.108. The third-order valence-corrected chi connectivity index (χ3v) is 5.09. The minimum atomic E-state index is -0.108. The molecule has 7 heteroatoms. The Morgan fingerprint density at radius 3 is 2.69 bits per heavy atom. The SMILES string of the molecule is Cc1cccc(-c2nnc(SCC(=O)Nc3cccc(C)c3C)n2N)c1. The summed E-state index contributed by atoms with van der Waals surface area (Å²) in [5.41, 5.74) is 5.04. The van der Waals surface area contributed by atoms with Gasteiger partial charge in [-0.25, -0.2) is 4.68 Å². The normalized spacial score (nSPS) is 10.7. The summed E-state index contributed by atoms with van der Waals surface area (Å²) in [6.07, 6.45) is 0. The maximum absolute atomic E-state index is 12.3. The maximum Gasteiger partial charge on any atom is 0.234 e. The van der Waals surface area contributed by atoms with Crippen LogP contribution in [0, 0.1) is 20.8 Å². The summed E-state index contributed by atoms with van der Waals surface area (Å²) in [6, 6.07) is 13.7. The summed E-state index contributed by atoms with van der Waals surface area (Å²) in [4.78, 5) is 12.3. The Kier molecular flexibility index (Phi) is 5.27. The highest BCUT2D eigenvalue weighted by atomic mass is 32.2. The largest absolute Gasteiger partial charge is 0.335 e. The first-order valence-electron chi connectivity index (χ1n) is 8.22. The first kappa shape index (κ1) is 18.0. The number of carbonyl (C=O) groups is 1. The second kappa shape index (κ2) is 7.61. The molecule has 0 aliphatic carbocycles. The Labute approximate surface area is 156 Å².